The number of rotatable bonds is 1. The lowest BCUT2D eigenvalue weighted by molar-refractivity contribution is -0.545. The van der Waals surface area contributed by atoms with E-state index in [0.717, 1.165) is 0 Å². The number of carbonyl (C=O) groups is 1. The Hall–Kier alpha value is -1.27. The molecule has 6 nitrogen and oxygen atoms in total. The average molecular weight is 239 g/mol. The normalized spacial score (nSPS) is 42.2. The minimum atomic E-state index is -0.844. The molecule has 1 aliphatic carbocycles. The molecule has 4 atom stereocenters. The molecule has 2 saturated heterocycles. The van der Waals surface area contributed by atoms with Crippen molar-refractivity contribution in [3.05, 3.63) is 21.8 Å². The quantitative estimate of drug-likeness (QED) is 0.493. The third-order valence-corrected chi connectivity index (χ3v) is 3.83. The van der Waals surface area contributed by atoms with E-state index in [4.69, 9.17) is 9.47 Å². The van der Waals surface area contributed by atoms with E-state index in [0.29, 0.717) is 5.57 Å². The molecule has 92 valence electrons. The van der Waals surface area contributed by atoms with Crippen LogP contribution in [0.2, 0.25) is 0 Å². The first-order valence-corrected chi connectivity index (χ1v) is 5.59. The van der Waals surface area contributed by atoms with Crippen molar-refractivity contribution >= 4 is 5.78 Å². The molecule has 0 aromatic carbocycles. The van der Waals surface area contributed by atoms with E-state index in [1.54, 1.807) is 19.9 Å². The van der Waals surface area contributed by atoms with Gasteiger partial charge >= 0.3 is 0 Å². The van der Waals surface area contributed by atoms with Gasteiger partial charge in [-0.3, -0.25) is 14.9 Å². The van der Waals surface area contributed by atoms with Gasteiger partial charge in [0.05, 0.1) is 24.0 Å². The molecule has 0 unspecified atom stereocenters. The Kier molecular flexibility index (Phi) is 2.01. The Morgan fingerprint density at radius 3 is 2.88 bits per heavy atom. The lowest BCUT2D eigenvalue weighted by Gasteiger charge is -2.29. The predicted molar refractivity (Wildman–Crippen MR) is 55.8 cm³/mol. The minimum Gasteiger partial charge on any atom is -0.343 e. The molecule has 3 rings (SSSR count). The van der Waals surface area contributed by atoms with Crippen molar-refractivity contribution in [3.8, 4) is 0 Å². The summed E-state index contributed by atoms with van der Waals surface area (Å²) in [6, 6.07) is -0.811. The molecular formula is C11H13NO5. The molecule has 2 bridgehead atoms. The van der Waals surface area contributed by atoms with E-state index >= 15 is 0 Å². The van der Waals surface area contributed by atoms with Crippen LogP contribution in [0.3, 0.4) is 0 Å². The maximum Gasteiger partial charge on any atom is 0.231 e. The summed E-state index contributed by atoms with van der Waals surface area (Å²) in [5.74, 6) is -0.715. The number of hydrogen-bond acceptors (Lipinski definition) is 5. The summed E-state index contributed by atoms with van der Waals surface area (Å²) in [5.41, 5.74) is -0.0945. The fourth-order valence-electron chi connectivity index (χ4n) is 3.14. The van der Waals surface area contributed by atoms with Crippen LogP contribution >= 0.6 is 0 Å². The van der Waals surface area contributed by atoms with Crippen LogP contribution in [0.5, 0.6) is 0 Å². The van der Waals surface area contributed by atoms with Gasteiger partial charge in [-0.2, -0.15) is 0 Å². The summed E-state index contributed by atoms with van der Waals surface area (Å²) in [6.45, 7) is 3.83. The number of carbonyl (C=O) groups excluding carboxylic acids is 1. The average Bonchev–Trinajstić information content (AvgIpc) is 2.74. The maximum atomic E-state index is 12.0. The number of ketones is 1. The molecule has 0 amide bonds. The van der Waals surface area contributed by atoms with Crippen molar-refractivity contribution in [2.24, 2.45) is 11.3 Å². The van der Waals surface area contributed by atoms with Crippen LogP contribution in [-0.2, 0) is 14.3 Å². The first-order valence-electron chi connectivity index (χ1n) is 5.59. The van der Waals surface area contributed by atoms with Crippen LogP contribution in [0.1, 0.15) is 13.8 Å². The molecule has 0 N–H and O–H groups in total. The Bertz CT molecular complexity index is 441. The van der Waals surface area contributed by atoms with Crippen molar-refractivity contribution in [2.45, 2.75) is 32.3 Å². The number of nitro groups is 1. The third kappa shape index (κ3) is 1.31. The summed E-state index contributed by atoms with van der Waals surface area (Å²) in [5, 5.41) is 11.2. The fourth-order valence-corrected chi connectivity index (χ4v) is 3.14. The van der Waals surface area contributed by atoms with E-state index < -0.39 is 23.7 Å². The number of hydrogen-bond donors (Lipinski definition) is 0. The Labute approximate surface area is 97.7 Å². The maximum absolute atomic E-state index is 12.0. The van der Waals surface area contributed by atoms with Crippen molar-refractivity contribution in [1.29, 1.82) is 0 Å². The predicted octanol–water partition coefficient (Wildman–Crippen LogP) is 0.538. The van der Waals surface area contributed by atoms with Crippen LogP contribution < -0.4 is 0 Å². The molecule has 0 aromatic rings. The van der Waals surface area contributed by atoms with Gasteiger partial charge in [0.15, 0.2) is 0 Å². The van der Waals surface area contributed by atoms with Crippen molar-refractivity contribution in [2.75, 3.05) is 6.61 Å². The first-order chi connectivity index (χ1) is 7.92. The largest absolute Gasteiger partial charge is 0.343 e. The molecule has 2 aliphatic heterocycles. The molecule has 0 spiro atoms. The highest BCUT2D eigenvalue weighted by molar-refractivity contribution is 6.00. The van der Waals surface area contributed by atoms with E-state index in [-0.39, 0.29) is 23.4 Å². The first kappa shape index (κ1) is 10.9. The lowest BCUT2D eigenvalue weighted by atomic mass is 9.81. The van der Waals surface area contributed by atoms with Gasteiger partial charge in [0.25, 0.3) is 0 Å². The van der Waals surface area contributed by atoms with Gasteiger partial charge in [0, 0.05) is 10.5 Å². The summed E-state index contributed by atoms with van der Waals surface area (Å²) < 4.78 is 10.6. The van der Waals surface area contributed by atoms with Crippen molar-refractivity contribution in [1.82, 2.24) is 0 Å². The van der Waals surface area contributed by atoms with Gasteiger partial charge in [0.1, 0.15) is 0 Å². The van der Waals surface area contributed by atoms with Gasteiger partial charge in [0.2, 0.25) is 18.1 Å². The van der Waals surface area contributed by atoms with Crippen LogP contribution in [-0.4, -0.2) is 35.7 Å². The molecule has 6 heteroatoms. The summed E-state index contributed by atoms with van der Waals surface area (Å²) in [7, 11) is 0. The fraction of sp³-hybridized carbons (Fsp3) is 0.727. The molecule has 3 aliphatic rings. The molecule has 2 fully saturated rings. The highest BCUT2D eigenvalue weighted by Gasteiger charge is 2.61. The van der Waals surface area contributed by atoms with Crippen molar-refractivity contribution < 1.29 is 19.2 Å². The highest BCUT2D eigenvalue weighted by atomic mass is 16.7. The summed E-state index contributed by atoms with van der Waals surface area (Å²) in [6.07, 6.45) is 0.523. The van der Waals surface area contributed by atoms with E-state index in [1.807, 2.05) is 0 Å². The van der Waals surface area contributed by atoms with Crippen molar-refractivity contribution in [3.63, 3.8) is 0 Å². The smallest absolute Gasteiger partial charge is 0.231 e. The summed E-state index contributed by atoms with van der Waals surface area (Å²) >= 11 is 0. The van der Waals surface area contributed by atoms with Gasteiger partial charge in [-0.15, -0.1) is 0 Å². The van der Waals surface area contributed by atoms with Gasteiger partial charge in [-0.1, -0.05) is 6.08 Å². The monoisotopic (exact) mass is 239 g/mol. The van der Waals surface area contributed by atoms with Crippen LogP contribution in [0, 0.1) is 21.4 Å². The molecule has 0 aromatic heterocycles. The standard InChI is InChI=1S/C11H13NO5/c1-11(2)3-5-7(9(11)12(14)15)6-4-16-10(17-6)8(5)13/h3,6-7,9-10H,4H2,1-2H3/t6-,7+,9+,10-/m1/s1. The number of nitrogens with zero attached hydrogens (tertiary/aromatic N) is 1. The minimum absolute atomic E-state index is 0.249. The van der Waals surface area contributed by atoms with Crippen LogP contribution in [0.4, 0.5) is 0 Å². The van der Waals surface area contributed by atoms with E-state index in [2.05, 4.69) is 0 Å². The second kappa shape index (κ2) is 3.14. The van der Waals surface area contributed by atoms with Gasteiger partial charge < -0.3 is 9.47 Å². The number of Topliss-reactive ketones (excluding diaryl/α,β-unsaturated/α-hetero) is 1. The lowest BCUT2D eigenvalue weighted by Crippen LogP contribution is -2.46. The zero-order chi connectivity index (χ0) is 12.4. The van der Waals surface area contributed by atoms with Gasteiger partial charge in [-0.05, 0) is 13.8 Å². The topological polar surface area (TPSA) is 78.7 Å². The highest BCUT2D eigenvalue weighted by Crippen LogP contribution is 2.48. The van der Waals surface area contributed by atoms with E-state index in [9.17, 15) is 14.9 Å². The second-order valence-electron chi connectivity index (χ2n) is 5.38. The molecule has 17 heavy (non-hydrogen) atoms. The zero-order valence-corrected chi connectivity index (χ0v) is 9.58. The summed E-state index contributed by atoms with van der Waals surface area (Å²) in [4.78, 5) is 22.9. The van der Waals surface area contributed by atoms with Crippen LogP contribution in [0.25, 0.3) is 0 Å². The molecular weight excluding hydrogens is 226 g/mol. The van der Waals surface area contributed by atoms with Gasteiger partial charge in [-0.25, -0.2) is 0 Å². The number of fused-ring (bicyclic) bond motifs is 4. The van der Waals surface area contributed by atoms with E-state index in [1.165, 1.54) is 0 Å². The Morgan fingerprint density at radius 2 is 2.24 bits per heavy atom. The van der Waals surface area contributed by atoms with Crippen LogP contribution in [0.15, 0.2) is 11.6 Å². The number of ether oxygens (including phenoxy) is 2. The molecule has 0 saturated carbocycles. The zero-order valence-electron chi connectivity index (χ0n) is 9.58. The molecule has 2 heterocycles. The second-order valence-corrected chi connectivity index (χ2v) is 5.38. The SMILES string of the molecule is CC1(C)C=C2C(=O)[C@@H]3OC[C@@H](O3)[C@H]2[C@@H]1[N+](=O)[O-]. The third-order valence-electron chi connectivity index (χ3n) is 3.83. The Morgan fingerprint density at radius 1 is 1.53 bits per heavy atom. The molecule has 0 radical (unpaired) electrons. The Balaban J connectivity index is 2.08.